The molecule has 0 fully saturated rings. The Bertz CT molecular complexity index is 4180. The lowest BCUT2D eigenvalue weighted by Crippen LogP contribution is -2.33. The van der Waals surface area contributed by atoms with E-state index in [4.69, 9.17) is 0 Å². The SMILES string of the molecule is c1ccc(-c2ccc(-c3ccccc3N(c3ccc(-n4c5ccccc5c5ccccc54)cc3)c3ccc4c(c3)C3(c5ccccc5-4)c4ccccc4-n4c5ccccc5c5cccc3c54)cc2)cc1. The largest absolute Gasteiger partial charge is 0.310 e. The molecule has 2 aliphatic rings. The second-order valence-electron chi connectivity index (χ2n) is 18.8. The quantitative estimate of drug-likeness (QED) is 0.162. The maximum Gasteiger partial charge on any atom is 0.0755 e. The van der Waals surface area contributed by atoms with Gasteiger partial charge in [-0.1, -0.05) is 194 Å². The molecule has 0 bridgehead atoms. The number of benzene rings is 11. The summed E-state index contributed by atoms with van der Waals surface area (Å²) in [7, 11) is 0. The normalized spacial score (nSPS) is 14.3. The number of anilines is 3. The van der Waals surface area contributed by atoms with E-state index in [-0.39, 0.29) is 0 Å². The predicted molar refractivity (Wildman–Crippen MR) is 292 cm³/mol. The molecule has 11 aromatic carbocycles. The molecule has 0 saturated heterocycles. The zero-order valence-corrected chi connectivity index (χ0v) is 38.2. The van der Waals surface area contributed by atoms with E-state index < -0.39 is 5.41 Å². The van der Waals surface area contributed by atoms with Crippen LogP contribution in [-0.4, -0.2) is 9.13 Å². The molecule has 0 radical (unpaired) electrons. The lowest BCUT2D eigenvalue weighted by atomic mass is 9.65. The summed E-state index contributed by atoms with van der Waals surface area (Å²) in [5, 5.41) is 5.06. The van der Waals surface area contributed by atoms with Crippen molar-refractivity contribution in [2.75, 3.05) is 4.90 Å². The summed E-state index contributed by atoms with van der Waals surface area (Å²) in [6.07, 6.45) is 0. The van der Waals surface area contributed by atoms with Crippen molar-refractivity contribution in [1.29, 1.82) is 0 Å². The van der Waals surface area contributed by atoms with E-state index in [2.05, 4.69) is 275 Å². The molecule has 1 spiro atoms. The van der Waals surface area contributed by atoms with Crippen molar-refractivity contribution in [3.05, 3.63) is 283 Å². The molecule has 1 unspecified atom stereocenters. The van der Waals surface area contributed by atoms with Crippen molar-refractivity contribution in [3.8, 4) is 44.8 Å². The van der Waals surface area contributed by atoms with Crippen molar-refractivity contribution in [2.24, 2.45) is 0 Å². The average molecular weight is 890 g/mol. The molecule has 0 amide bonds. The van der Waals surface area contributed by atoms with E-state index in [1.807, 2.05) is 0 Å². The number of hydrogen-bond donors (Lipinski definition) is 0. The summed E-state index contributed by atoms with van der Waals surface area (Å²) < 4.78 is 4.92. The van der Waals surface area contributed by atoms with E-state index in [1.54, 1.807) is 0 Å². The van der Waals surface area contributed by atoms with E-state index in [0.29, 0.717) is 0 Å². The first-order chi connectivity index (χ1) is 34.8. The highest BCUT2D eigenvalue weighted by molar-refractivity contribution is 6.13. The number of aromatic nitrogens is 2. The zero-order chi connectivity index (χ0) is 45.9. The Morgan fingerprint density at radius 2 is 0.814 bits per heavy atom. The van der Waals surface area contributed by atoms with Gasteiger partial charge in [-0.15, -0.1) is 0 Å². The first-order valence-electron chi connectivity index (χ1n) is 24.3. The third-order valence-electron chi connectivity index (χ3n) is 15.3. The van der Waals surface area contributed by atoms with Gasteiger partial charge in [0.15, 0.2) is 0 Å². The third kappa shape index (κ3) is 5.34. The molecule has 13 aromatic rings. The fourth-order valence-corrected chi connectivity index (χ4v) is 12.5. The molecular formula is C67H43N3. The monoisotopic (exact) mass is 889 g/mol. The Hall–Kier alpha value is -9.18. The topological polar surface area (TPSA) is 13.1 Å². The highest BCUT2D eigenvalue weighted by Crippen LogP contribution is 2.62. The summed E-state index contributed by atoms with van der Waals surface area (Å²) in [6.45, 7) is 0. The molecule has 2 aromatic heterocycles. The Kier molecular flexibility index (Phi) is 8.28. The number of nitrogens with zero attached hydrogens (tertiary/aromatic N) is 3. The highest BCUT2D eigenvalue weighted by Gasteiger charge is 2.51. The Labute approximate surface area is 406 Å². The van der Waals surface area contributed by atoms with E-state index >= 15 is 0 Å². The molecule has 1 atom stereocenters. The van der Waals surface area contributed by atoms with Gasteiger partial charge in [0.2, 0.25) is 0 Å². The summed E-state index contributed by atoms with van der Waals surface area (Å²) in [5.41, 5.74) is 22.4. The Morgan fingerprint density at radius 1 is 0.300 bits per heavy atom. The van der Waals surface area contributed by atoms with Crippen LogP contribution < -0.4 is 4.90 Å². The smallest absolute Gasteiger partial charge is 0.0755 e. The minimum absolute atomic E-state index is 0.582. The van der Waals surface area contributed by atoms with Crippen molar-refractivity contribution in [2.45, 2.75) is 5.41 Å². The number of rotatable bonds is 6. The van der Waals surface area contributed by atoms with E-state index in [0.717, 1.165) is 33.9 Å². The Balaban J connectivity index is 0.977. The molecule has 3 nitrogen and oxygen atoms in total. The van der Waals surface area contributed by atoms with Gasteiger partial charge in [-0.25, -0.2) is 0 Å². The van der Waals surface area contributed by atoms with Crippen LogP contribution in [0.5, 0.6) is 0 Å². The van der Waals surface area contributed by atoms with Gasteiger partial charge in [-0.05, 0) is 117 Å². The van der Waals surface area contributed by atoms with Gasteiger partial charge < -0.3 is 14.0 Å². The van der Waals surface area contributed by atoms with Crippen LogP contribution in [0.1, 0.15) is 22.3 Å². The zero-order valence-electron chi connectivity index (χ0n) is 38.2. The van der Waals surface area contributed by atoms with Gasteiger partial charge in [-0.2, -0.15) is 0 Å². The summed E-state index contributed by atoms with van der Waals surface area (Å²) in [6, 6.07) is 96.7. The summed E-state index contributed by atoms with van der Waals surface area (Å²) in [4.78, 5) is 2.49. The first kappa shape index (κ1) is 38.9. The van der Waals surface area contributed by atoms with E-state index in [9.17, 15) is 0 Å². The summed E-state index contributed by atoms with van der Waals surface area (Å²) in [5.74, 6) is 0. The third-order valence-corrected chi connectivity index (χ3v) is 15.3. The molecule has 1 aliphatic heterocycles. The van der Waals surface area contributed by atoms with Crippen molar-refractivity contribution >= 4 is 60.7 Å². The number of para-hydroxylation sites is 6. The second-order valence-corrected chi connectivity index (χ2v) is 18.8. The molecule has 3 heteroatoms. The van der Waals surface area contributed by atoms with Crippen LogP contribution in [0.4, 0.5) is 17.1 Å². The maximum atomic E-state index is 2.52. The Morgan fingerprint density at radius 3 is 1.56 bits per heavy atom. The van der Waals surface area contributed by atoms with Crippen LogP contribution in [0.3, 0.4) is 0 Å². The number of fused-ring (bicyclic) bond motifs is 15. The van der Waals surface area contributed by atoms with Gasteiger partial charge in [0.1, 0.15) is 0 Å². The van der Waals surface area contributed by atoms with Gasteiger partial charge in [-0.3, -0.25) is 0 Å². The van der Waals surface area contributed by atoms with Crippen molar-refractivity contribution in [3.63, 3.8) is 0 Å². The molecule has 326 valence electrons. The minimum atomic E-state index is -0.582. The van der Waals surface area contributed by atoms with Gasteiger partial charge >= 0.3 is 0 Å². The summed E-state index contributed by atoms with van der Waals surface area (Å²) >= 11 is 0. The fraction of sp³-hybridized carbons (Fsp3) is 0.0149. The molecule has 1 aliphatic carbocycles. The maximum absolute atomic E-state index is 2.52. The lowest BCUT2D eigenvalue weighted by molar-refractivity contribution is 0.748. The van der Waals surface area contributed by atoms with Gasteiger partial charge in [0.05, 0.1) is 38.9 Å². The highest BCUT2D eigenvalue weighted by atomic mass is 15.1. The molecule has 3 heterocycles. The van der Waals surface area contributed by atoms with E-state index in [1.165, 1.54) is 93.8 Å². The molecule has 0 N–H and O–H groups in total. The van der Waals surface area contributed by atoms with Crippen LogP contribution in [0.15, 0.2) is 261 Å². The van der Waals surface area contributed by atoms with Crippen LogP contribution in [0.25, 0.3) is 88.4 Å². The van der Waals surface area contributed by atoms with Crippen LogP contribution in [0.2, 0.25) is 0 Å². The molecule has 0 saturated carbocycles. The van der Waals surface area contributed by atoms with Crippen LogP contribution in [0, 0.1) is 0 Å². The van der Waals surface area contributed by atoms with Gasteiger partial charge in [0, 0.05) is 44.2 Å². The predicted octanol–water partition coefficient (Wildman–Crippen LogP) is 17.4. The average Bonchev–Trinajstić information content (AvgIpc) is 4.06. The fourth-order valence-electron chi connectivity index (χ4n) is 12.5. The molecular weight excluding hydrogens is 847 g/mol. The lowest BCUT2D eigenvalue weighted by Gasteiger charge is -2.40. The first-order valence-corrected chi connectivity index (χ1v) is 24.3. The minimum Gasteiger partial charge on any atom is -0.310 e. The van der Waals surface area contributed by atoms with Gasteiger partial charge in [0.25, 0.3) is 0 Å². The van der Waals surface area contributed by atoms with Crippen molar-refractivity contribution < 1.29 is 0 Å². The van der Waals surface area contributed by atoms with Crippen molar-refractivity contribution in [1.82, 2.24) is 9.13 Å². The van der Waals surface area contributed by atoms with Crippen LogP contribution in [-0.2, 0) is 5.41 Å². The standard InChI is InChI=1S/C67H43N3/c1-2-17-44(18-3-1)45-33-35-46(36-34-45)50-19-5-11-28-61(50)68(47-37-39-48(40-38-47)69-62-29-12-6-21-53(62)54-22-7-13-30-63(54)69)49-41-42-52-51-20-4-9-25-57(51)67(60(52)43-49)58-26-10-15-32-65(58)70-64-31-14-8-23-55(64)56-24-16-27-59(67)66(56)70/h1-43H. The molecule has 15 rings (SSSR count). The molecule has 70 heavy (non-hydrogen) atoms. The van der Waals surface area contributed by atoms with Crippen LogP contribution >= 0.6 is 0 Å². The number of hydrogen-bond acceptors (Lipinski definition) is 1. The second kappa shape index (κ2) is 14.9.